The molecule has 0 spiro atoms. The van der Waals surface area contributed by atoms with Crippen LogP contribution in [-0.2, 0) is 13.6 Å². The van der Waals surface area contributed by atoms with Crippen molar-refractivity contribution in [2.45, 2.75) is 0 Å². The fraction of sp³-hybridized carbons (Fsp3) is 1.00. The summed E-state index contributed by atoms with van der Waals surface area (Å²) in [6, 6.07) is 0. The minimum absolute atomic E-state index is 1.32. The van der Waals surface area contributed by atoms with E-state index in [1.165, 1.54) is 21.3 Å². The number of hydrogen-bond acceptors (Lipinski definition) is 3. The second-order valence-electron chi connectivity index (χ2n) is 1.25. The van der Waals surface area contributed by atoms with Gasteiger partial charge in [-0.3, -0.25) is 0 Å². The van der Waals surface area contributed by atoms with E-state index in [0.29, 0.717) is 0 Å². The second-order valence-corrected chi connectivity index (χ2v) is 7.77. The van der Waals surface area contributed by atoms with Crippen LogP contribution in [0.2, 0.25) is 0 Å². The van der Waals surface area contributed by atoms with Crippen LogP contribution in [0.15, 0.2) is 0 Å². The van der Waals surface area contributed by atoms with Crippen LogP contribution >= 0.6 is 28.5 Å². The number of rotatable bonds is 3. The Morgan fingerprint density at radius 3 is 1.11 bits per heavy atom. The van der Waals surface area contributed by atoms with E-state index < -0.39 is 5.99 Å². The first-order valence-corrected chi connectivity index (χ1v) is 5.91. The van der Waals surface area contributed by atoms with Gasteiger partial charge in [0.1, 0.15) is 0 Å². The average molecular weight is 195 g/mol. The molecular weight excluding hydrogens is 186 g/mol. The molecule has 0 aliphatic heterocycles. The molecule has 0 aliphatic rings. The normalized spacial score (nSPS) is 16.8. The van der Waals surface area contributed by atoms with Gasteiger partial charge >= 0.3 is 63.4 Å². The van der Waals surface area contributed by atoms with E-state index in [9.17, 15) is 0 Å². The molecular formula is C3H9Cl2O3P. The second kappa shape index (κ2) is 2.87. The van der Waals surface area contributed by atoms with E-state index in [-0.39, 0.29) is 0 Å². The molecule has 0 atom stereocenters. The first kappa shape index (κ1) is 9.89. The Bertz CT molecular complexity index is 88.2. The van der Waals surface area contributed by atoms with Crippen LogP contribution in [0.4, 0.5) is 0 Å². The standard InChI is InChI=1S/C3H9Cl2O3P/c1-6-9(4,5,7-2)8-3/h1-3H3. The van der Waals surface area contributed by atoms with Gasteiger partial charge in [-0.15, -0.1) is 0 Å². The molecule has 0 bridgehead atoms. The van der Waals surface area contributed by atoms with Gasteiger partial charge in [0.15, 0.2) is 0 Å². The third-order valence-electron chi connectivity index (χ3n) is 0.861. The SMILES string of the molecule is COP(Cl)(Cl)(OC)OC. The third kappa shape index (κ3) is 2.54. The summed E-state index contributed by atoms with van der Waals surface area (Å²) in [4.78, 5) is 0. The van der Waals surface area contributed by atoms with Gasteiger partial charge in [0.05, 0.1) is 0 Å². The van der Waals surface area contributed by atoms with E-state index in [4.69, 9.17) is 22.5 Å². The van der Waals surface area contributed by atoms with Gasteiger partial charge < -0.3 is 0 Å². The molecule has 9 heavy (non-hydrogen) atoms. The predicted octanol–water partition coefficient (Wildman–Crippen LogP) is 2.53. The molecule has 0 unspecified atom stereocenters. The van der Waals surface area contributed by atoms with Gasteiger partial charge in [0.25, 0.3) is 0 Å². The average Bonchev–Trinajstić information content (AvgIpc) is 1.90. The molecule has 0 aromatic carbocycles. The zero-order chi connectivity index (χ0) is 7.57. The fourth-order valence-electron chi connectivity index (χ4n) is 0.224. The van der Waals surface area contributed by atoms with Crippen LogP contribution in [-0.4, -0.2) is 21.3 Å². The zero-order valence-electron chi connectivity index (χ0n) is 5.43. The van der Waals surface area contributed by atoms with Crippen molar-refractivity contribution in [2.24, 2.45) is 0 Å². The zero-order valence-corrected chi connectivity index (χ0v) is 7.83. The first-order chi connectivity index (χ1) is 3.96. The van der Waals surface area contributed by atoms with Crippen LogP contribution in [0.1, 0.15) is 0 Å². The summed E-state index contributed by atoms with van der Waals surface area (Å²) in [5.74, 6) is -3.68. The molecule has 0 N–H and O–H groups in total. The first-order valence-electron chi connectivity index (χ1n) is 2.11. The Morgan fingerprint density at radius 1 is 0.889 bits per heavy atom. The van der Waals surface area contributed by atoms with Gasteiger partial charge in [0, 0.05) is 0 Å². The van der Waals surface area contributed by atoms with Crippen LogP contribution in [0.5, 0.6) is 0 Å². The molecule has 0 heterocycles. The molecule has 0 rings (SSSR count). The van der Waals surface area contributed by atoms with Crippen molar-refractivity contribution < 1.29 is 13.6 Å². The van der Waals surface area contributed by atoms with Crippen LogP contribution < -0.4 is 0 Å². The summed E-state index contributed by atoms with van der Waals surface area (Å²) >= 11 is 11.2. The van der Waals surface area contributed by atoms with Crippen LogP contribution in [0, 0.1) is 0 Å². The third-order valence-corrected chi connectivity index (χ3v) is 5.07. The molecule has 0 saturated carbocycles. The molecule has 0 aliphatic carbocycles. The van der Waals surface area contributed by atoms with Crippen molar-refractivity contribution in [3.8, 4) is 0 Å². The summed E-state index contributed by atoms with van der Waals surface area (Å²) in [5.41, 5.74) is 0. The quantitative estimate of drug-likeness (QED) is 0.647. The molecule has 0 fully saturated rings. The van der Waals surface area contributed by atoms with Crippen molar-refractivity contribution in [3.05, 3.63) is 0 Å². The van der Waals surface area contributed by atoms with Crippen molar-refractivity contribution in [3.63, 3.8) is 0 Å². The summed E-state index contributed by atoms with van der Waals surface area (Å²) in [6.07, 6.45) is 0. The fourth-order valence-corrected chi connectivity index (χ4v) is 0.671. The molecule has 0 aromatic rings. The van der Waals surface area contributed by atoms with Gasteiger partial charge in [-0.1, -0.05) is 0 Å². The van der Waals surface area contributed by atoms with Gasteiger partial charge in [-0.05, 0) is 0 Å². The van der Waals surface area contributed by atoms with Crippen LogP contribution in [0.25, 0.3) is 0 Å². The van der Waals surface area contributed by atoms with Gasteiger partial charge in [-0.2, -0.15) is 0 Å². The van der Waals surface area contributed by atoms with Crippen LogP contribution in [0.3, 0.4) is 0 Å². The van der Waals surface area contributed by atoms with E-state index in [1.54, 1.807) is 0 Å². The summed E-state index contributed by atoms with van der Waals surface area (Å²) in [7, 11) is 3.97. The van der Waals surface area contributed by atoms with E-state index in [2.05, 4.69) is 13.6 Å². The maximum absolute atomic E-state index is 5.58. The molecule has 0 amide bonds. The summed E-state index contributed by atoms with van der Waals surface area (Å²) < 4.78 is 13.9. The monoisotopic (exact) mass is 194 g/mol. The van der Waals surface area contributed by atoms with E-state index >= 15 is 0 Å². The molecule has 0 aromatic heterocycles. The van der Waals surface area contributed by atoms with Crippen molar-refractivity contribution >= 4 is 28.5 Å². The Hall–Kier alpha value is 0.890. The molecule has 0 saturated heterocycles. The minimum atomic E-state index is -3.68. The molecule has 6 heteroatoms. The summed E-state index contributed by atoms with van der Waals surface area (Å²) in [6.45, 7) is 0. The van der Waals surface area contributed by atoms with Crippen molar-refractivity contribution in [1.82, 2.24) is 0 Å². The topological polar surface area (TPSA) is 27.7 Å². The predicted molar refractivity (Wildman–Crippen MR) is 39.7 cm³/mol. The van der Waals surface area contributed by atoms with Gasteiger partial charge in [-0.25, -0.2) is 0 Å². The number of hydrogen-bond donors (Lipinski definition) is 0. The van der Waals surface area contributed by atoms with E-state index in [0.717, 1.165) is 0 Å². The van der Waals surface area contributed by atoms with E-state index in [1.807, 2.05) is 0 Å². The molecule has 58 valence electrons. The Labute approximate surface area is 63.9 Å². The van der Waals surface area contributed by atoms with Crippen molar-refractivity contribution in [1.29, 1.82) is 0 Å². The molecule has 0 radical (unpaired) electrons. The van der Waals surface area contributed by atoms with Crippen molar-refractivity contribution in [2.75, 3.05) is 21.3 Å². The number of halogens is 2. The molecule has 3 nitrogen and oxygen atoms in total. The summed E-state index contributed by atoms with van der Waals surface area (Å²) in [5, 5.41) is 0. The maximum atomic E-state index is 5.58. The Balaban J connectivity index is 4.20. The Morgan fingerprint density at radius 2 is 1.11 bits per heavy atom. The Kier molecular flexibility index (Phi) is 3.15. The van der Waals surface area contributed by atoms with Gasteiger partial charge in [0.2, 0.25) is 0 Å².